The molecular weight excluding hydrogens is 230 g/mol. The Morgan fingerprint density at radius 2 is 1.78 bits per heavy atom. The average molecular weight is 251 g/mol. The third kappa shape index (κ3) is 4.65. The van der Waals surface area contributed by atoms with Crippen molar-refractivity contribution < 1.29 is 14.3 Å². The number of benzene rings is 1. The van der Waals surface area contributed by atoms with Crippen LogP contribution in [0.1, 0.15) is 19.8 Å². The molecule has 0 aliphatic rings. The van der Waals surface area contributed by atoms with Crippen LogP contribution in [0.5, 0.6) is 11.5 Å². The van der Waals surface area contributed by atoms with Gasteiger partial charge < -0.3 is 14.4 Å². The number of hydrogen-bond acceptors (Lipinski definition) is 3. The molecule has 0 spiro atoms. The van der Waals surface area contributed by atoms with Gasteiger partial charge in [-0.2, -0.15) is 0 Å². The molecule has 0 radical (unpaired) electrons. The largest absolute Gasteiger partial charge is 0.490 e. The van der Waals surface area contributed by atoms with Gasteiger partial charge in [-0.1, -0.05) is 12.1 Å². The molecule has 0 saturated heterocycles. The standard InChI is InChI=1S/C14H21NO3/c1-4-17-12-8-5-6-9-13(12)18-11-7-10-14(16)15(2)3/h5-6,8-9H,4,7,10-11H2,1-3H3. The summed E-state index contributed by atoms with van der Waals surface area (Å²) >= 11 is 0. The van der Waals surface area contributed by atoms with Crippen molar-refractivity contribution in [3.05, 3.63) is 24.3 Å². The molecule has 4 heteroatoms. The minimum atomic E-state index is 0.122. The number of ether oxygens (including phenoxy) is 2. The maximum Gasteiger partial charge on any atom is 0.222 e. The van der Waals surface area contributed by atoms with Crippen molar-refractivity contribution in [3.63, 3.8) is 0 Å². The van der Waals surface area contributed by atoms with Gasteiger partial charge in [-0.3, -0.25) is 4.79 Å². The van der Waals surface area contributed by atoms with Gasteiger partial charge in [0.15, 0.2) is 11.5 Å². The van der Waals surface area contributed by atoms with Gasteiger partial charge in [-0.05, 0) is 25.5 Å². The Balaban J connectivity index is 2.37. The number of rotatable bonds is 7. The van der Waals surface area contributed by atoms with E-state index in [0.717, 1.165) is 11.5 Å². The smallest absolute Gasteiger partial charge is 0.222 e. The predicted molar refractivity (Wildman–Crippen MR) is 71.0 cm³/mol. The number of amides is 1. The highest BCUT2D eigenvalue weighted by molar-refractivity contribution is 5.75. The van der Waals surface area contributed by atoms with Crippen LogP contribution < -0.4 is 9.47 Å². The molecule has 0 heterocycles. The Labute approximate surface area is 108 Å². The maximum atomic E-state index is 11.4. The lowest BCUT2D eigenvalue weighted by atomic mass is 10.3. The van der Waals surface area contributed by atoms with E-state index in [0.29, 0.717) is 26.1 Å². The van der Waals surface area contributed by atoms with Crippen LogP contribution in [0, 0.1) is 0 Å². The summed E-state index contributed by atoms with van der Waals surface area (Å²) in [5.74, 6) is 1.60. The van der Waals surface area contributed by atoms with Gasteiger partial charge in [0.25, 0.3) is 0 Å². The zero-order valence-corrected chi connectivity index (χ0v) is 11.3. The van der Waals surface area contributed by atoms with E-state index in [-0.39, 0.29) is 5.91 Å². The molecule has 1 amide bonds. The molecule has 1 rings (SSSR count). The van der Waals surface area contributed by atoms with E-state index in [2.05, 4.69) is 0 Å². The SMILES string of the molecule is CCOc1ccccc1OCCCC(=O)N(C)C. The molecule has 18 heavy (non-hydrogen) atoms. The second-order valence-electron chi connectivity index (χ2n) is 4.12. The Bertz CT molecular complexity index is 377. The van der Waals surface area contributed by atoms with Gasteiger partial charge in [0.05, 0.1) is 13.2 Å². The molecule has 0 N–H and O–H groups in total. The summed E-state index contributed by atoms with van der Waals surface area (Å²) in [4.78, 5) is 13.0. The van der Waals surface area contributed by atoms with E-state index in [1.807, 2.05) is 31.2 Å². The molecule has 0 aliphatic heterocycles. The predicted octanol–water partition coefficient (Wildman–Crippen LogP) is 2.33. The Hall–Kier alpha value is -1.71. The van der Waals surface area contributed by atoms with E-state index < -0.39 is 0 Å². The highest BCUT2D eigenvalue weighted by atomic mass is 16.5. The molecule has 0 saturated carbocycles. The third-order valence-electron chi connectivity index (χ3n) is 2.44. The van der Waals surface area contributed by atoms with Crippen molar-refractivity contribution in [3.8, 4) is 11.5 Å². The van der Waals surface area contributed by atoms with Crippen LogP contribution in [-0.4, -0.2) is 38.1 Å². The first-order chi connectivity index (χ1) is 8.65. The second-order valence-corrected chi connectivity index (χ2v) is 4.12. The molecule has 0 atom stereocenters. The van der Waals surface area contributed by atoms with Gasteiger partial charge in [0.1, 0.15) is 0 Å². The number of carbonyl (C=O) groups is 1. The minimum absolute atomic E-state index is 0.122. The fraction of sp³-hybridized carbons (Fsp3) is 0.500. The van der Waals surface area contributed by atoms with Crippen LogP contribution in [0.3, 0.4) is 0 Å². The van der Waals surface area contributed by atoms with Gasteiger partial charge in [-0.25, -0.2) is 0 Å². The van der Waals surface area contributed by atoms with Crippen LogP contribution in [0.4, 0.5) is 0 Å². The molecule has 4 nitrogen and oxygen atoms in total. The Kier molecular flexibility index (Phi) is 6.05. The van der Waals surface area contributed by atoms with Crippen LogP contribution in [0.15, 0.2) is 24.3 Å². The number of nitrogens with zero attached hydrogens (tertiary/aromatic N) is 1. The molecule has 100 valence electrons. The molecule has 1 aromatic rings. The van der Waals surface area contributed by atoms with Crippen molar-refractivity contribution in [2.75, 3.05) is 27.3 Å². The zero-order chi connectivity index (χ0) is 13.4. The lowest BCUT2D eigenvalue weighted by Crippen LogP contribution is -2.21. The molecule has 0 aromatic heterocycles. The quantitative estimate of drug-likeness (QED) is 0.698. The maximum absolute atomic E-state index is 11.4. The summed E-state index contributed by atoms with van der Waals surface area (Å²) in [6, 6.07) is 7.57. The average Bonchev–Trinajstić information content (AvgIpc) is 2.36. The summed E-state index contributed by atoms with van der Waals surface area (Å²) in [5, 5.41) is 0. The van der Waals surface area contributed by atoms with Gasteiger partial charge in [0, 0.05) is 20.5 Å². The Morgan fingerprint density at radius 1 is 1.17 bits per heavy atom. The summed E-state index contributed by atoms with van der Waals surface area (Å²) in [7, 11) is 3.52. The van der Waals surface area contributed by atoms with Gasteiger partial charge >= 0.3 is 0 Å². The number of para-hydroxylation sites is 2. The number of hydrogen-bond donors (Lipinski definition) is 0. The van der Waals surface area contributed by atoms with Crippen molar-refractivity contribution >= 4 is 5.91 Å². The van der Waals surface area contributed by atoms with E-state index in [1.54, 1.807) is 19.0 Å². The molecule has 0 fully saturated rings. The van der Waals surface area contributed by atoms with E-state index in [1.165, 1.54) is 0 Å². The normalized spacial score (nSPS) is 9.94. The monoisotopic (exact) mass is 251 g/mol. The highest BCUT2D eigenvalue weighted by Gasteiger charge is 2.05. The van der Waals surface area contributed by atoms with Gasteiger partial charge in [0.2, 0.25) is 5.91 Å². The second kappa shape index (κ2) is 7.58. The van der Waals surface area contributed by atoms with E-state index >= 15 is 0 Å². The Morgan fingerprint density at radius 3 is 2.33 bits per heavy atom. The summed E-state index contributed by atoms with van der Waals surface area (Å²) in [6.45, 7) is 3.07. The number of carbonyl (C=O) groups excluding carboxylic acids is 1. The first-order valence-electron chi connectivity index (χ1n) is 6.20. The fourth-order valence-corrected chi connectivity index (χ4v) is 1.47. The summed E-state index contributed by atoms with van der Waals surface area (Å²) in [5.41, 5.74) is 0. The first-order valence-corrected chi connectivity index (χ1v) is 6.20. The summed E-state index contributed by atoms with van der Waals surface area (Å²) in [6.07, 6.45) is 1.21. The van der Waals surface area contributed by atoms with Crippen molar-refractivity contribution in [1.29, 1.82) is 0 Å². The molecular formula is C14H21NO3. The van der Waals surface area contributed by atoms with Crippen molar-refractivity contribution in [2.45, 2.75) is 19.8 Å². The summed E-state index contributed by atoms with van der Waals surface area (Å²) < 4.78 is 11.1. The van der Waals surface area contributed by atoms with Crippen LogP contribution in [-0.2, 0) is 4.79 Å². The van der Waals surface area contributed by atoms with Gasteiger partial charge in [-0.15, -0.1) is 0 Å². The molecule has 0 aliphatic carbocycles. The molecule has 0 bridgehead atoms. The minimum Gasteiger partial charge on any atom is -0.490 e. The molecule has 0 unspecified atom stereocenters. The fourth-order valence-electron chi connectivity index (χ4n) is 1.47. The van der Waals surface area contributed by atoms with Crippen LogP contribution >= 0.6 is 0 Å². The van der Waals surface area contributed by atoms with Crippen molar-refractivity contribution in [1.82, 2.24) is 4.90 Å². The van der Waals surface area contributed by atoms with E-state index in [4.69, 9.17) is 9.47 Å². The van der Waals surface area contributed by atoms with Crippen LogP contribution in [0.2, 0.25) is 0 Å². The highest BCUT2D eigenvalue weighted by Crippen LogP contribution is 2.26. The lowest BCUT2D eigenvalue weighted by molar-refractivity contribution is -0.128. The molecule has 1 aromatic carbocycles. The first kappa shape index (κ1) is 14.4. The topological polar surface area (TPSA) is 38.8 Å². The zero-order valence-electron chi connectivity index (χ0n) is 11.3. The van der Waals surface area contributed by atoms with Crippen molar-refractivity contribution in [2.24, 2.45) is 0 Å². The van der Waals surface area contributed by atoms with Crippen LogP contribution in [0.25, 0.3) is 0 Å². The van der Waals surface area contributed by atoms with E-state index in [9.17, 15) is 4.79 Å². The third-order valence-corrected chi connectivity index (χ3v) is 2.44. The lowest BCUT2D eigenvalue weighted by Gasteiger charge is -2.12.